The number of nitrogens with one attached hydrogen (secondary N) is 2. The molecule has 5 heteroatoms. The summed E-state index contributed by atoms with van der Waals surface area (Å²) >= 11 is 0. The third-order valence-corrected chi connectivity index (χ3v) is 2.28. The first kappa shape index (κ1) is 11.2. The number of rotatable bonds is 3. The van der Waals surface area contributed by atoms with Crippen molar-refractivity contribution in [2.75, 3.05) is 6.61 Å². The van der Waals surface area contributed by atoms with Gasteiger partial charge in [0.2, 0.25) is 0 Å². The summed E-state index contributed by atoms with van der Waals surface area (Å²) < 4.78 is 5.31. The Morgan fingerprint density at radius 3 is 2.41 bits per heavy atom. The van der Waals surface area contributed by atoms with Crippen LogP contribution in [-0.2, 0) is 0 Å². The highest BCUT2D eigenvalue weighted by Crippen LogP contribution is 2.18. The molecule has 0 fully saturated rings. The zero-order chi connectivity index (χ0) is 12.3. The van der Waals surface area contributed by atoms with Crippen molar-refractivity contribution >= 4 is 0 Å². The molecule has 2 N–H and O–H groups in total. The van der Waals surface area contributed by atoms with Gasteiger partial charge in [-0.15, -0.1) is 0 Å². The van der Waals surface area contributed by atoms with Gasteiger partial charge in [-0.3, -0.25) is 9.59 Å². The van der Waals surface area contributed by atoms with Crippen LogP contribution in [0.4, 0.5) is 0 Å². The molecule has 0 saturated carbocycles. The summed E-state index contributed by atoms with van der Waals surface area (Å²) in [4.78, 5) is 27.0. The molecule has 0 aliphatic rings. The Balaban J connectivity index is 2.36. The average Bonchev–Trinajstić information content (AvgIpc) is 2.34. The molecule has 0 saturated heterocycles. The summed E-state index contributed by atoms with van der Waals surface area (Å²) in [6.45, 7) is 2.52. The van der Waals surface area contributed by atoms with E-state index in [-0.39, 0.29) is 0 Å². The molecule has 1 aromatic heterocycles. The number of benzene rings is 1. The summed E-state index contributed by atoms with van der Waals surface area (Å²) in [5, 5.41) is 0. The van der Waals surface area contributed by atoms with Crippen molar-refractivity contribution in [1.29, 1.82) is 0 Å². The summed E-state index contributed by atoms with van der Waals surface area (Å²) in [5.74, 6) is 0.767. The van der Waals surface area contributed by atoms with Crippen molar-refractivity contribution in [3.8, 4) is 17.0 Å². The SMILES string of the molecule is CCOc1ccc(-c2c[nH]c(=O)c(=O)[nH]2)cc1. The largest absolute Gasteiger partial charge is 0.494 e. The van der Waals surface area contributed by atoms with Crippen LogP contribution in [0.2, 0.25) is 0 Å². The molecule has 0 unspecified atom stereocenters. The second kappa shape index (κ2) is 4.69. The fourth-order valence-corrected chi connectivity index (χ4v) is 1.47. The maximum absolute atomic E-state index is 11.2. The van der Waals surface area contributed by atoms with Gasteiger partial charge in [0, 0.05) is 6.20 Å². The van der Waals surface area contributed by atoms with Gasteiger partial charge in [-0.05, 0) is 36.8 Å². The summed E-state index contributed by atoms with van der Waals surface area (Å²) in [5.41, 5.74) is 0.0653. The van der Waals surface area contributed by atoms with E-state index in [1.165, 1.54) is 6.20 Å². The Morgan fingerprint density at radius 1 is 1.12 bits per heavy atom. The van der Waals surface area contributed by atoms with Gasteiger partial charge in [0.1, 0.15) is 5.75 Å². The van der Waals surface area contributed by atoms with E-state index >= 15 is 0 Å². The van der Waals surface area contributed by atoms with Gasteiger partial charge in [-0.25, -0.2) is 0 Å². The normalized spacial score (nSPS) is 10.2. The lowest BCUT2D eigenvalue weighted by Crippen LogP contribution is -2.28. The van der Waals surface area contributed by atoms with Crippen LogP contribution in [0.15, 0.2) is 40.1 Å². The molecular weight excluding hydrogens is 220 g/mol. The van der Waals surface area contributed by atoms with E-state index in [2.05, 4.69) is 9.97 Å². The predicted octanol–water partition coefficient (Wildman–Crippen LogP) is 1.13. The van der Waals surface area contributed by atoms with Crippen molar-refractivity contribution in [3.05, 3.63) is 51.2 Å². The van der Waals surface area contributed by atoms with Crippen molar-refractivity contribution in [1.82, 2.24) is 9.97 Å². The number of hydrogen-bond donors (Lipinski definition) is 2. The van der Waals surface area contributed by atoms with E-state index in [9.17, 15) is 9.59 Å². The van der Waals surface area contributed by atoms with Crippen LogP contribution in [0.5, 0.6) is 5.75 Å². The Kier molecular flexibility index (Phi) is 3.09. The summed E-state index contributed by atoms with van der Waals surface area (Å²) in [7, 11) is 0. The molecular formula is C12H12N2O3. The lowest BCUT2D eigenvalue weighted by molar-refractivity contribution is 0.340. The van der Waals surface area contributed by atoms with Gasteiger partial charge in [0.15, 0.2) is 0 Å². The molecule has 0 radical (unpaired) electrons. The molecule has 17 heavy (non-hydrogen) atoms. The third kappa shape index (κ3) is 2.44. The third-order valence-electron chi connectivity index (χ3n) is 2.28. The Labute approximate surface area is 97.1 Å². The minimum absolute atomic E-state index is 0.567. The minimum atomic E-state index is -0.656. The van der Waals surface area contributed by atoms with Crippen LogP contribution >= 0.6 is 0 Å². The van der Waals surface area contributed by atoms with Crippen molar-refractivity contribution in [2.45, 2.75) is 6.92 Å². The van der Waals surface area contributed by atoms with Crippen LogP contribution in [0, 0.1) is 0 Å². The van der Waals surface area contributed by atoms with Crippen LogP contribution in [-0.4, -0.2) is 16.6 Å². The second-order valence-electron chi connectivity index (χ2n) is 3.44. The van der Waals surface area contributed by atoms with Crippen LogP contribution in [0.3, 0.4) is 0 Å². The maximum Gasteiger partial charge on any atom is 0.314 e. The highest BCUT2D eigenvalue weighted by atomic mass is 16.5. The number of hydrogen-bond acceptors (Lipinski definition) is 3. The van der Waals surface area contributed by atoms with E-state index in [0.29, 0.717) is 12.3 Å². The summed E-state index contributed by atoms with van der Waals surface area (Å²) in [6.07, 6.45) is 1.47. The lowest BCUT2D eigenvalue weighted by atomic mass is 10.1. The standard InChI is InChI=1S/C12H12N2O3/c1-2-17-9-5-3-8(4-6-9)10-7-13-11(15)12(16)14-10/h3-7H,2H2,1H3,(H,13,15)(H,14,16). The van der Waals surface area contributed by atoms with Crippen LogP contribution in [0.25, 0.3) is 11.3 Å². The molecule has 0 atom stereocenters. The molecule has 0 aliphatic heterocycles. The molecule has 2 aromatic rings. The van der Waals surface area contributed by atoms with Crippen molar-refractivity contribution < 1.29 is 4.74 Å². The van der Waals surface area contributed by atoms with Crippen molar-refractivity contribution in [3.63, 3.8) is 0 Å². The van der Waals surface area contributed by atoms with Gasteiger partial charge < -0.3 is 14.7 Å². The minimum Gasteiger partial charge on any atom is -0.494 e. The number of aromatic nitrogens is 2. The number of H-pyrrole nitrogens is 2. The highest BCUT2D eigenvalue weighted by Gasteiger charge is 2.01. The predicted molar refractivity (Wildman–Crippen MR) is 64.3 cm³/mol. The molecule has 5 nitrogen and oxygen atoms in total. The zero-order valence-corrected chi connectivity index (χ0v) is 9.32. The first-order chi connectivity index (χ1) is 8.20. The van der Waals surface area contributed by atoms with Gasteiger partial charge in [0.25, 0.3) is 0 Å². The first-order valence-electron chi connectivity index (χ1n) is 5.26. The fraction of sp³-hybridized carbons (Fsp3) is 0.167. The molecule has 0 amide bonds. The highest BCUT2D eigenvalue weighted by molar-refractivity contribution is 5.58. The number of aromatic amines is 2. The zero-order valence-electron chi connectivity index (χ0n) is 9.32. The Hall–Kier alpha value is -2.30. The number of ether oxygens (including phenoxy) is 1. The second-order valence-corrected chi connectivity index (χ2v) is 3.44. The quantitative estimate of drug-likeness (QED) is 0.779. The Bertz CT molecular complexity index is 611. The monoisotopic (exact) mass is 232 g/mol. The first-order valence-corrected chi connectivity index (χ1v) is 5.26. The van der Waals surface area contributed by atoms with Crippen LogP contribution in [0.1, 0.15) is 6.92 Å². The molecule has 2 rings (SSSR count). The van der Waals surface area contributed by atoms with E-state index in [1.54, 1.807) is 0 Å². The molecule has 0 aliphatic carbocycles. The van der Waals surface area contributed by atoms with E-state index < -0.39 is 11.1 Å². The molecule has 88 valence electrons. The lowest BCUT2D eigenvalue weighted by Gasteiger charge is -2.04. The molecule has 1 aromatic carbocycles. The maximum atomic E-state index is 11.2. The molecule has 1 heterocycles. The van der Waals surface area contributed by atoms with E-state index in [4.69, 9.17) is 4.74 Å². The van der Waals surface area contributed by atoms with E-state index in [1.807, 2.05) is 31.2 Å². The van der Waals surface area contributed by atoms with Gasteiger partial charge in [-0.2, -0.15) is 0 Å². The van der Waals surface area contributed by atoms with Gasteiger partial charge in [-0.1, -0.05) is 0 Å². The van der Waals surface area contributed by atoms with Crippen LogP contribution < -0.4 is 15.9 Å². The fourth-order valence-electron chi connectivity index (χ4n) is 1.47. The topological polar surface area (TPSA) is 75.0 Å². The molecule has 0 spiro atoms. The smallest absolute Gasteiger partial charge is 0.314 e. The van der Waals surface area contributed by atoms with Gasteiger partial charge >= 0.3 is 11.1 Å². The van der Waals surface area contributed by atoms with Gasteiger partial charge in [0.05, 0.1) is 12.3 Å². The van der Waals surface area contributed by atoms with E-state index in [0.717, 1.165) is 11.3 Å². The molecule has 0 bridgehead atoms. The van der Waals surface area contributed by atoms with Crippen molar-refractivity contribution in [2.24, 2.45) is 0 Å². The summed E-state index contributed by atoms with van der Waals surface area (Å²) in [6, 6.07) is 7.24. The average molecular weight is 232 g/mol. The Morgan fingerprint density at radius 2 is 1.82 bits per heavy atom.